The monoisotopic (exact) mass is 218 g/mol. The summed E-state index contributed by atoms with van der Waals surface area (Å²) in [6.45, 7) is 5.10. The van der Waals surface area contributed by atoms with Crippen molar-refractivity contribution in [3.05, 3.63) is 22.3 Å². The third kappa shape index (κ3) is 3.41. The second-order valence-electron chi connectivity index (χ2n) is 3.26. The maximum Gasteiger partial charge on any atom is 0.144 e. The Hall–Kier alpha value is -0.470. The van der Waals surface area contributed by atoms with Gasteiger partial charge in [0.2, 0.25) is 0 Å². The van der Waals surface area contributed by atoms with Crippen LogP contribution < -0.4 is 5.32 Å². The number of hydrogen-bond donors (Lipinski definition) is 1. The zero-order valence-corrected chi connectivity index (χ0v) is 9.15. The molecular formula is C9H12Cl2N2. The van der Waals surface area contributed by atoms with Gasteiger partial charge < -0.3 is 5.32 Å². The third-order valence-corrected chi connectivity index (χ3v) is 1.98. The van der Waals surface area contributed by atoms with Crippen molar-refractivity contribution in [2.24, 2.45) is 5.92 Å². The summed E-state index contributed by atoms with van der Waals surface area (Å²) in [5.41, 5.74) is 0. The molecule has 13 heavy (non-hydrogen) atoms. The molecule has 4 heteroatoms. The Kier molecular flexibility index (Phi) is 3.82. The van der Waals surface area contributed by atoms with E-state index in [0.29, 0.717) is 21.8 Å². The molecule has 0 atom stereocenters. The fourth-order valence-corrected chi connectivity index (χ4v) is 1.29. The number of nitrogens with zero attached hydrogens (tertiary/aromatic N) is 1. The summed E-state index contributed by atoms with van der Waals surface area (Å²) >= 11 is 11.6. The van der Waals surface area contributed by atoms with Crippen LogP contribution in [0.3, 0.4) is 0 Å². The van der Waals surface area contributed by atoms with E-state index < -0.39 is 0 Å². The molecule has 0 aromatic carbocycles. The fourth-order valence-electron chi connectivity index (χ4n) is 0.845. The van der Waals surface area contributed by atoms with E-state index in [1.807, 2.05) is 0 Å². The molecule has 0 aliphatic carbocycles. The molecule has 1 rings (SSSR count). The molecule has 72 valence electrons. The maximum absolute atomic E-state index is 5.90. The first-order valence-electron chi connectivity index (χ1n) is 4.14. The van der Waals surface area contributed by atoms with E-state index in [4.69, 9.17) is 23.2 Å². The number of aromatic nitrogens is 1. The minimum atomic E-state index is 0.556. The van der Waals surface area contributed by atoms with Crippen molar-refractivity contribution >= 4 is 29.0 Å². The van der Waals surface area contributed by atoms with Gasteiger partial charge in [-0.25, -0.2) is 4.98 Å². The van der Waals surface area contributed by atoms with Crippen LogP contribution in [0.1, 0.15) is 13.8 Å². The summed E-state index contributed by atoms with van der Waals surface area (Å²) in [6.07, 6.45) is 1.58. The first-order chi connectivity index (χ1) is 6.09. The predicted molar refractivity (Wildman–Crippen MR) is 57.6 cm³/mol. The Morgan fingerprint density at radius 2 is 2.15 bits per heavy atom. The first-order valence-corrected chi connectivity index (χ1v) is 4.90. The molecule has 1 aromatic rings. The predicted octanol–water partition coefficient (Wildman–Crippen LogP) is 3.46. The zero-order chi connectivity index (χ0) is 9.84. The normalized spacial score (nSPS) is 10.5. The van der Waals surface area contributed by atoms with Gasteiger partial charge in [0, 0.05) is 12.7 Å². The number of anilines is 1. The highest BCUT2D eigenvalue weighted by Gasteiger charge is 2.02. The van der Waals surface area contributed by atoms with Gasteiger partial charge in [0.15, 0.2) is 0 Å². The largest absolute Gasteiger partial charge is 0.369 e. The van der Waals surface area contributed by atoms with E-state index in [2.05, 4.69) is 24.1 Å². The SMILES string of the molecule is CC(C)CNc1ncc(Cl)cc1Cl. The van der Waals surface area contributed by atoms with Crippen molar-refractivity contribution < 1.29 is 0 Å². The van der Waals surface area contributed by atoms with Crippen molar-refractivity contribution in [2.75, 3.05) is 11.9 Å². The average Bonchev–Trinajstić information content (AvgIpc) is 2.02. The number of nitrogens with one attached hydrogen (secondary N) is 1. The van der Waals surface area contributed by atoms with Gasteiger partial charge in [-0.15, -0.1) is 0 Å². The number of hydrogen-bond acceptors (Lipinski definition) is 2. The van der Waals surface area contributed by atoms with Crippen molar-refractivity contribution in [2.45, 2.75) is 13.8 Å². The molecule has 0 amide bonds. The van der Waals surface area contributed by atoms with Gasteiger partial charge in [0.05, 0.1) is 10.0 Å². The summed E-state index contributed by atoms with van der Waals surface area (Å²) < 4.78 is 0. The molecule has 0 saturated heterocycles. The minimum Gasteiger partial charge on any atom is -0.369 e. The van der Waals surface area contributed by atoms with E-state index in [9.17, 15) is 0 Å². The van der Waals surface area contributed by atoms with Crippen molar-refractivity contribution in [3.63, 3.8) is 0 Å². The molecule has 2 nitrogen and oxygen atoms in total. The lowest BCUT2D eigenvalue weighted by atomic mass is 10.2. The molecule has 0 saturated carbocycles. The third-order valence-electron chi connectivity index (χ3n) is 1.49. The Bertz CT molecular complexity index is 287. The highest BCUT2D eigenvalue weighted by molar-refractivity contribution is 6.35. The van der Waals surface area contributed by atoms with E-state index in [1.54, 1.807) is 12.3 Å². The quantitative estimate of drug-likeness (QED) is 0.841. The highest BCUT2D eigenvalue weighted by atomic mass is 35.5. The molecule has 1 N–H and O–H groups in total. The molecule has 0 unspecified atom stereocenters. The molecule has 0 radical (unpaired) electrons. The van der Waals surface area contributed by atoms with Crippen molar-refractivity contribution in [3.8, 4) is 0 Å². The molecular weight excluding hydrogens is 207 g/mol. The van der Waals surface area contributed by atoms with Crippen LogP contribution in [-0.4, -0.2) is 11.5 Å². The lowest BCUT2D eigenvalue weighted by Crippen LogP contribution is -2.09. The summed E-state index contributed by atoms with van der Waals surface area (Å²) in [7, 11) is 0. The Morgan fingerprint density at radius 1 is 1.46 bits per heavy atom. The first kappa shape index (κ1) is 10.6. The van der Waals surface area contributed by atoms with E-state index >= 15 is 0 Å². The molecule has 0 bridgehead atoms. The molecule has 0 aliphatic heterocycles. The Labute approximate surface area is 88.3 Å². The van der Waals surface area contributed by atoms with Crippen LogP contribution in [0, 0.1) is 5.92 Å². The van der Waals surface area contributed by atoms with Crippen LogP contribution in [0.2, 0.25) is 10.0 Å². The topological polar surface area (TPSA) is 24.9 Å². The van der Waals surface area contributed by atoms with Crippen LogP contribution in [0.5, 0.6) is 0 Å². The van der Waals surface area contributed by atoms with Gasteiger partial charge >= 0.3 is 0 Å². The second-order valence-corrected chi connectivity index (χ2v) is 4.10. The zero-order valence-electron chi connectivity index (χ0n) is 7.64. The van der Waals surface area contributed by atoms with E-state index in [-0.39, 0.29) is 0 Å². The van der Waals surface area contributed by atoms with Gasteiger partial charge in [0.25, 0.3) is 0 Å². The molecule has 0 aliphatic rings. The smallest absolute Gasteiger partial charge is 0.144 e. The van der Waals surface area contributed by atoms with Gasteiger partial charge in [-0.3, -0.25) is 0 Å². The minimum absolute atomic E-state index is 0.556. The van der Waals surface area contributed by atoms with Crippen LogP contribution in [-0.2, 0) is 0 Å². The maximum atomic E-state index is 5.90. The fraction of sp³-hybridized carbons (Fsp3) is 0.444. The van der Waals surface area contributed by atoms with Crippen LogP contribution in [0.15, 0.2) is 12.3 Å². The number of rotatable bonds is 3. The molecule has 1 aromatic heterocycles. The second kappa shape index (κ2) is 4.68. The number of halogens is 2. The van der Waals surface area contributed by atoms with Gasteiger partial charge in [0.1, 0.15) is 5.82 Å². The lowest BCUT2D eigenvalue weighted by molar-refractivity contribution is 0.687. The Balaban J connectivity index is 2.67. The average molecular weight is 219 g/mol. The molecule has 0 fully saturated rings. The van der Waals surface area contributed by atoms with Gasteiger partial charge in [-0.2, -0.15) is 0 Å². The summed E-state index contributed by atoms with van der Waals surface area (Å²) in [4.78, 5) is 4.07. The van der Waals surface area contributed by atoms with Gasteiger partial charge in [-0.1, -0.05) is 37.0 Å². The Morgan fingerprint density at radius 3 is 2.69 bits per heavy atom. The highest BCUT2D eigenvalue weighted by Crippen LogP contribution is 2.22. The van der Waals surface area contributed by atoms with Crippen molar-refractivity contribution in [1.29, 1.82) is 0 Å². The van der Waals surface area contributed by atoms with Crippen molar-refractivity contribution in [1.82, 2.24) is 4.98 Å². The standard InChI is InChI=1S/C9H12Cl2N2/c1-6(2)4-12-9-8(11)3-7(10)5-13-9/h3,5-6H,4H2,1-2H3,(H,12,13). The lowest BCUT2D eigenvalue weighted by Gasteiger charge is -2.09. The summed E-state index contributed by atoms with van der Waals surface area (Å²) in [6, 6.07) is 1.68. The summed E-state index contributed by atoms with van der Waals surface area (Å²) in [5.74, 6) is 1.26. The van der Waals surface area contributed by atoms with Gasteiger partial charge in [-0.05, 0) is 12.0 Å². The molecule has 0 spiro atoms. The van der Waals surface area contributed by atoms with E-state index in [1.165, 1.54) is 0 Å². The summed E-state index contributed by atoms with van der Waals surface area (Å²) in [5, 5.41) is 4.26. The van der Waals surface area contributed by atoms with Crippen LogP contribution in [0.4, 0.5) is 5.82 Å². The van der Waals surface area contributed by atoms with E-state index in [0.717, 1.165) is 6.54 Å². The molecule has 1 heterocycles. The number of pyridine rings is 1. The van der Waals surface area contributed by atoms with Crippen LogP contribution in [0.25, 0.3) is 0 Å². The van der Waals surface area contributed by atoms with Crippen LogP contribution >= 0.6 is 23.2 Å².